The molecule has 26 heavy (non-hydrogen) atoms. The van der Waals surface area contributed by atoms with Gasteiger partial charge in [-0.05, 0) is 37.0 Å². The van der Waals surface area contributed by atoms with Crippen LogP contribution in [0.3, 0.4) is 0 Å². The number of carboxylic acid groups (broad SMARTS) is 1. The van der Waals surface area contributed by atoms with Gasteiger partial charge in [0.15, 0.2) is 11.6 Å². The predicted octanol–water partition coefficient (Wildman–Crippen LogP) is 2.91. The molecule has 3 rings (SSSR count). The first-order chi connectivity index (χ1) is 12.5. The first kappa shape index (κ1) is 18.4. The molecule has 140 valence electrons. The van der Waals surface area contributed by atoms with E-state index < -0.39 is 11.8 Å². The van der Waals surface area contributed by atoms with Crippen molar-refractivity contribution in [1.82, 2.24) is 9.88 Å². The second-order valence-electron chi connectivity index (χ2n) is 7.02. The van der Waals surface area contributed by atoms with Crippen LogP contribution in [0.2, 0.25) is 0 Å². The second-order valence-corrected chi connectivity index (χ2v) is 7.02. The van der Waals surface area contributed by atoms with Gasteiger partial charge in [0.1, 0.15) is 0 Å². The van der Waals surface area contributed by atoms with Gasteiger partial charge in [-0.25, -0.2) is 14.2 Å². The number of pyridine rings is 1. The number of hydrogen-bond acceptors (Lipinski definition) is 4. The molecule has 1 atom stereocenters. The maximum absolute atomic E-state index is 14.2. The van der Waals surface area contributed by atoms with Crippen molar-refractivity contribution in [3.8, 4) is 0 Å². The molecule has 6 nitrogen and oxygen atoms in total. The number of aromatic nitrogens is 1. The summed E-state index contributed by atoms with van der Waals surface area (Å²) in [6.07, 6.45) is 9.86. The molecular formula is C19H24FN3O3. The zero-order chi connectivity index (χ0) is 18.5. The molecule has 0 aromatic carbocycles. The summed E-state index contributed by atoms with van der Waals surface area (Å²) in [4.78, 5) is 29.0. The second kappa shape index (κ2) is 8.29. The molecule has 0 radical (unpaired) electrons. The summed E-state index contributed by atoms with van der Waals surface area (Å²) in [7, 11) is 0. The Labute approximate surface area is 152 Å². The van der Waals surface area contributed by atoms with Crippen molar-refractivity contribution >= 4 is 23.8 Å². The monoisotopic (exact) mass is 361 g/mol. The standard InChI is InChI=1S/C19H24FN3O3/c20-16-10-13(6-7-17(24)25)11-21-18(16)22-15-8-9-23(12-15)19(26)14-4-2-1-3-5-14/h6-7,10-11,14-15H,1-5,8-9,12H2,(H,21,22)(H,24,25)/b7-6+. The Hall–Kier alpha value is -2.44. The Kier molecular flexibility index (Phi) is 5.85. The van der Waals surface area contributed by atoms with Gasteiger partial charge >= 0.3 is 5.97 Å². The Balaban J connectivity index is 1.56. The van der Waals surface area contributed by atoms with E-state index in [0.717, 1.165) is 38.2 Å². The van der Waals surface area contributed by atoms with Crippen LogP contribution >= 0.6 is 0 Å². The largest absolute Gasteiger partial charge is 0.478 e. The summed E-state index contributed by atoms with van der Waals surface area (Å²) in [5.74, 6) is -1.11. The molecule has 0 bridgehead atoms. The summed E-state index contributed by atoms with van der Waals surface area (Å²) in [5, 5.41) is 11.7. The van der Waals surface area contributed by atoms with Crippen molar-refractivity contribution in [2.24, 2.45) is 5.92 Å². The molecule has 2 N–H and O–H groups in total. The SMILES string of the molecule is O=C(O)/C=C/c1cnc(NC2CCN(C(=O)C3CCCCC3)C2)c(F)c1. The van der Waals surface area contributed by atoms with Crippen molar-refractivity contribution in [3.05, 3.63) is 29.7 Å². The van der Waals surface area contributed by atoms with Crippen LogP contribution < -0.4 is 5.32 Å². The van der Waals surface area contributed by atoms with Gasteiger partial charge in [0.25, 0.3) is 0 Å². The number of anilines is 1. The fourth-order valence-corrected chi connectivity index (χ4v) is 3.70. The summed E-state index contributed by atoms with van der Waals surface area (Å²) >= 11 is 0. The third-order valence-electron chi connectivity index (χ3n) is 5.08. The van der Waals surface area contributed by atoms with Gasteiger partial charge in [-0.15, -0.1) is 0 Å². The van der Waals surface area contributed by atoms with E-state index in [-0.39, 0.29) is 23.7 Å². The van der Waals surface area contributed by atoms with Crippen LogP contribution in [0, 0.1) is 11.7 Å². The smallest absolute Gasteiger partial charge is 0.328 e. The van der Waals surface area contributed by atoms with Crippen molar-refractivity contribution in [3.63, 3.8) is 0 Å². The van der Waals surface area contributed by atoms with Crippen LogP contribution in [-0.2, 0) is 9.59 Å². The highest BCUT2D eigenvalue weighted by molar-refractivity contribution is 5.85. The van der Waals surface area contributed by atoms with E-state index in [1.807, 2.05) is 4.90 Å². The van der Waals surface area contributed by atoms with E-state index in [1.54, 1.807) is 0 Å². The Morgan fingerprint density at radius 3 is 2.73 bits per heavy atom. The average Bonchev–Trinajstić information content (AvgIpc) is 3.10. The van der Waals surface area contributed by atoms with E-state index >= 15 is 0 Å². The van der Waals surface area contributed by atoms with Gasteiger partial charge in [-0.2, -0.15) is 0 Å². The molecule has 7 heteroatoms. The maximum Gasteiger partial charge on any atom is 0.328 e. The molecule has 2 fully saturated rings. The molecule has 1 saturated carbocycles. The molecule has 1 aromatic rings. The number of hydrogen-bond donors (Lipinski definition) is 2. The number of rotatable bonds is 5. The third kappa shape index (κ3) is 4.59. The minimum atomic E-state index is -1.10. The lowest BCUT2D eigenvalue weighted by Gasteiger charge is -2.26. The van der Waals surface area contributed by atoms with E-state index in [9.17, 15) is 14.0 Å². The quantitative estimate of drug-likeness (QED) is 0.788. The third-order valence-corrected chi connectivity index (χ3v) is 5.08. The summed E-state index contributed by atoms with van der Waals surface area (Å²) in [6, 6.07) is 1.22. The van der Waals surface area contributed by atoms with Gasteiger partial charge in [0, 0.05) is 37.3 Å². The topological polar surface area (TPSA) is 82.5 Å². The van der Waals surface area contributed by atoms with Crippen LogP contribution in [0.5, 0.6) is 0 Å². The number of halogens is 1. The molecule has 1 unspecified atom stereocenters. The lowest BCUT2D eigenvalue weighted by molar-refractivity contribution is -0.135. The minimum Gasteiger partial charge on any atom is -0.478 e. The van der Waals surface area contributed by atoms with Crippen LogP contribution in [0.4, 0.5) is 10.2 Å². The first-order valence-electron chi connectivity index (χ1n) is 9.15. The van der Waals surface area contributed by atoms with Gasteiger partial charge in [-0.1, -0.05) is 19.3 Å². The van der Waals surface area contributed by atoms with Gasteiger partial charge < -0.3 is 15.3 Å². The number of nitrogens with one attached hydrogen (secondary N) is 1. The molecule has 1 amide bonds. The minimum absolute atomic E-state index is 0.0232. The molecule has 1 aromatic heterocycles. The van der Waals surface area contributed by atoms with Gasteiger partial charge in [0.2, 0.25) is 5.91 Å². The zero-order valence-corrected chi connectivity index (χ0v) is 14.7. The molecule has 1 aliphatic carbocycles. The molecule has 1 saturated heterocycles. The number of amides is 1. The van der Waals surface area contributed by atoms with Gasteiger partial charge in [-0.3, -0.25) is 4.79 Å². The number of carbonyl (C=O) groups is 2. The summed E-state index contributed by atoms with van der Waals surface area (Å²) < 4.78 is 14.2. The highest BCUT2D eigenvalue weighted by Gasteiger charge is 2.31. The lowest BCUT2D eigenvalue weighted by atomic mass is 9.88. The number of carbonyl (C=O) groups excluding carboxylic acids is 1. The average molecular weight is 361 g/mol. The predicted molar refractivity (Wildman–Crippen MR) is 96.0 cm³/mol. The molecule has 0 spiro atoms. The number of carboxylic acids is 1. The van der Waals surface area contributed by atoms with Crippen LogP contribution in [-0.4, -0.2) is 46.0 Å². The zero-order valence-electron chi connectivity index (χ0n) is 14.7. The normalized spacial score (nSPS) is 21.3. The molecule has 2 aliphatic rings. The lowest BCUT2D eigenvalue weighted by Crippen LogP contribution is -2.37. The van der Waals surface area contributed by atoms with Crippen molar-refractivity contribution in [2.75, 3.05) is 18.4 Å². The van der Waals surface area contributed by atoms with Crippen LogP contribution in [0.1, 0.15) is 44.1 Å². The molecule has 1 aliphatic heterocycles. The Morgan fingerprint density at radius 2 is 2.04 bits per heavy atom. The fourth-order valence-electron chi connectivity index (χ4n) is 3.70. The van der Waals surface area contributed by atoms with Gasteiger partial charge in [0.05, 0.1) is 0 Å². The number of aliphatic carboxylic acids is 1. The molecule has 2 heterocycles. The number of nitrogens with zero attached hydrogens (tertiary/aromatic N) is 2. The first-order valence-corrected chi connectivity index (χ1v) is 9.15. The van der Waals surface area contributed by atoms with E-state index in [0.29, 0.717) is 18.7 Å². The van der Waals surface area contributed by atoms with E-state index in [1.165, 1.54) is 24.8 Å². The van der Waals surface area contributed by atoms with Crippen LogP contribution in [0.15, 0.2) is 18.3 Å². The summed E-state index contributed by atoms with van der Waals surface area (Å²) in [6.45, 7) is 1.26. The Bertz CT molecular complexity index is 701. The summed E-state index contributed by atoms with van der Waals surface area (Å²) in [5.41, 5.74) is 0.385. The van der Waals surface area contributed by atoms with Crippen molar-refractivity contribution in [1.29, 1.82) is 0 Å². The number of likely N-dealkylation sites (tertiary alicyclic amines) is 1. The highest BCUT2D eigenvalue weighted by atomic mass is 19.1. The van der Waals surface area contributed by atoms with Crippen molar-refractivity contribution in [2.45, 2.75) is 44.6 Å². The van der Waals surface area contributed by atoms with Crippen LogP contribution in [0.25, 0.3) is 6.08 Å². The Morgan fingerprint density at radius 1 is 1.27 bits per heavy atom. The maximum atomic E-state index is 14.2. The highest BCUT2D eigenvalue weighted by Crippen LogP contribution is 2.27. The van der Waals surface area contributed by atoms with Crippen molar-refractivity contribution < 1.29 is 19.1 Å². The fraction of sp³-hybridized carbons (Fsp3) is 0.526. The van der Waals surface area contributed by atoms with E-state index in [4.69, 9.17) is 5.11 Å². The van der Waals surface area contributed by atoms with E-state index in [2.05, 4.69) is 10.3 Å². The molecular weight excluding hydrogens is 337 g/mol.